The Labute approximate surface area is 190 Å². The van der Waals surface area contributed by atoms with Crippen molar-refractivity contribution in [3.63, 3.8) is 0 Å². The van der Waals surface area contributed by atoms with Crippen LogP contribution in [0.25, 0.3) is 0 Å². The maximum atomic E-state index is 10.4. The lowest BCUT2D eigenvalue weighted by Crippen LogP contribution is -2.55. The van der Waals surface area contributed by atoms with E-state index in [2.05, 4.69) is 59.8 Å². The molecule has 0 amide bonds. The van der Waals surface area contributed by atoms with Crippen LogP contribution in [0, 0.1) is 46.3 Å². The van der Waals surface area contributed by atoms with Crippen LogP contribution >= 0.6 is 0 Å². The quantitative estimate of drug-likeness (QED) is 0.382. The number of hydrogen-bond acceptors (Lipinski definition) is 2. The fraction of sp³-hybridized carbons (Fsp3) is 0.862. The van der Waals surface area contributed by atoms with Crippen LogP contribution in [0.4, 0.5) is 0 Å². The molecule has 2 heteroatoms. The van der Waals surface area contributed by atoms with E-state index >= 15 is 0 Å². The van der Waals surface area contributed by atoms with Gasteiger partial charge < -0.3 is 9.84 Å². The monoisotopic (exact) mass is 426 g/mol. The third-order valence-electron chi connectivity index (χ3n) is 11.2. The Morgan fingerprint density at radius 3 is 2.55 bits per heavy atom. The number of aliphatic hydroxyl groups excluding tert-OH is 1. The molecule has 0 aromatic heterocycles. The Morgan fingerprint density at radius 2 is 1.84 bits per heavy atom. The molecule has 31 heavy (non-hydrogen) atoms. The lowest BCUT2D eigenvalue weighted by molar-refractivity contribution is -0.0527. The second kappa shape index (κ2) is 7.45. The molecule has 1 spiro atoms. The highest BCUT2D eigenvalue weighted by atomic mass is 16.6. The topological polar surface area (TPSA) is 32.8 Å². The van der Waals surface area contributed by atoms with Gasteiger partial charge in [0.25, 0.3) is 0 Å². The van der Waals surface area contributed by atoms with Gasteiger partial charge in [-0.05, 0) is 85.9 Å². The molecule has 0 radical (unpaired) electrons. The third-order valence-corrected chi connectivity index (χ3v) is 11.2. The Hall–Kier alpha value is -0.600. The van der Waals surface area contributed by atoms with E-state index in [1.54, 1.807) is 5.57 Å². The van der Waals surface area contributed by atoms with Crippen molar-refractivity contribution in [3.8, 4) is 0 Å². The summed E-state index contributed by atoms with van der Waals surface area (Å²) in [5, 5.41) is 10.4. The van der Waals surface area contributed by atoms with E-state index in [0.717, 1.165) is 37.0 Å². The second-order valence-electron chi connectivity index (χ2n) is 12.8. The minimum Gasteiger partial charge on any atom is -0.393 e. The highest BCUT2D eigenvalue weighted by Crippen LogP contribution is 2.72. The van der Waals surface area contributed by atoms with Gasteiger partial charge in [-0.25, -0.2) is 0 Å². The van der Waals surface area contributed by atoms with Gasteiger partial charge in [0.15, 0.2) is 0 Å². The maximum absolute atomic E-state index is 10.4. The molecule has 10 unspecified atom stereocenters. The summed E-state index contributed by atoms with van der Waals surface area (Å²) in [6.45, 7) is 14.7. The van der Waals surface area contributed by atoms with E-state index in [0.29, 0.717) is 23.2 Å². The van der Waals surface area contributed by atoms with Gasteiger partial charge in [0.2, 0.25) is 0 Å². The van der Waals surface area contributed by atoms with Gasteiger partial charge in [0.05, 0.1) is 6.10 Å². The van der Waals surface area contributed by atoms with Gasteiger partial charge >= 0.3 is 0 Å². The molecule has 0 bridgehead atoms. The molecule has 5 rings (SSSR count). The van der Waals surface area contributed by atoms with E-state index < -0.39 is 0 Å². The lowest BCUT2D eigenvalue weighted by atomic mass is 9.47. The van der Waals surface area contributed by atoms with E-state index in [9.17, 15) is 5.11 Å². The molecular weight excluding hydrogens is 380 g/mol. The zero-order valence-corrected chi connectivity index (χ0v) is 20.9. The molecule has 2 nitrogen and oxygen atoms in total. The van der Waals surface area contributed by atoms with Crippen LogP contribution in [-0.2, 0) is 4.74 Å². The van der Waals surface area contributed by atoms with E-state index in [1.165, 1.54) is 32.1 Å². The smallest absolute Gasteiger partial charge is 0.107 e. The molecule has 174 valence electrons. The van der Waals surface area contributed by atoms with Crippen molar-refractivity contribution in [2.45, 2.75) is 111 Å². The van der Waals surface area contributed by atoms with Crippen molar-refractivity contribution in [2.24, 2.45) is 46.3 Å². The molecule has 3 saturated carbocycles. The highest BCUT2D eigenvalue weighted by Gasteiger charge is 2.73. The summed E-state index contributed by atoms with van der Waals surface area (Å²) in [6.07, 6.45) is 17.4. The summed E-state index contributed by atoms with van der Waals surface area (Å²) in [5.41, 5.74) is 2.38. The van der Waals surface area contributed by atoms with Gasteiger partial charge in [-0.1, -0.05) is 65.3 Å². The van der Waals surface area contributed by atoms with Crippen LogP contribution < -0.4 is 0 Å². The van der Waals surface area contributed by atoms with E-state index in [4.69, 9.17) is 4.74 Å². The van der Waals surface area contributed by atoms with E-state index in [1.807, 2.05) is 0 Å². The van der Waals surface area contributed by atoms with E-state index in [-0.39, 0.29) is 23.2 Å². The first-order chi connectivity index (χ1) is 14.7. The average Bonchev–Trinajstić information content (AvgIpc) is 3.29. The Morgan fingerprint density at radius 1 is 1.06 bits per heavy atom. The molecular formula is C29H46O2. The van der Waals surface area contributed by atoms with Crippen molar-refractivity contribution in [1.82, 2.24) is 0 Å². The first-order valence-electron chi connectivity index (χ1n) is 13.4. The fourth-order valence-corrected chi connectivity index (χ4v) is 9.09. The van der Waals surface area contributed by atoms with Crippen molar-refractivity contribution in [2.75, 3.05) is 0 Å². The largest absolute Gasteiger partial charge is 0.393 e. The standard InChI is InChI=1S/C29H46O2/c1-7-20(18(2)3)9-8-19(4)23-10-11-24-22-16-26-29(31-26)17-21(30)12-15-28(29,6)25(22)13-14-27(23,24)5/h8-9,16,18-21,23-26,30H,7,10-15,17H2,1-6H3. The summed E-state index contributed by atoms with van der Waals surface area (Å²) in [4.78, 5) is 0. The van der Waals surface area contributed by atoms with Crippen molar-refractivity contribution >= 4 is 0 Å². The Kier molecular flexibility index (Phi) is 5.34. The van der Waals surface area contributed by atoms with Crippen LogP contribution in [-0.4, -0.2) is 22.9 Å². The van der Waals surface area contributed by atoms with Gasteiger partial charge in [0.1, 0.15) is 11.7 Å². The lowest BCUT2D eigenvalue weighted by Gasteiger charge is -2.56. The van der Waals surface area contributed by atoms with Crippen molar-refractivity contribution in [3.05, 3.63) is 23.8 Å². The number of ether oxygens (including phenoxy) is 1. The number of fused-ring (bicyclic) bond motifs is 4. The number of epoxide rings is 1. The zero-order valence-electron chi connectivity index (χ0n) is 20.9. The van der Waals surface area contributed by atoms with Crippen LogP contribution in [0.3, 0.4) is 0 Å². The van der Waals surface area contributed by atoms with Crippen LogP contribution in [0.1, 0.15) is 92.9 Å². The fourth-order valence-electron chi connectivity index (χ4n) is 9.09. The van der Waals surface area contributed by atoms with Crippen LogP contribution in [0.2, 0.25) is 0 Å². The average molecular weight is 427 g/mol. The minimum atomic E-state index is -0.164. The SMILES string of the molecule is CCC(C=CC(C)C1CCC2C3=CC4OC45CC(O)CCC5(C)C3CCC21C)C(C)C. The normalized spacial score (nSPS) is 50.3. The van der Waals surface area contributed by atoms with Gasteiger partial charge in [0, 0.05) is 11.8 Å². The molecule has 0 aromatic carbocycles. The Balaban J connectivity index is 1.39. The summed E-state index contributed by atoms with van der Waals surface area (Å²) in [5.74, 6) is 4.33. The molecule has 10 atom stereocenters. The number of aliphatic hydroxyl groups is 1. The maximum Gasteiger partial charge on any atom is 0.107 e. The summed E-state index contributed by atoms with van der Waals surface area (Å²) >= 11 is 0. The summed E-state index contributed by atoms with van der Waals surface area (Å²) < 4.78 is 6.44. The Bertz CT molecular complexity index is 767. The molecule has 1 N–H and O–H groups in total. The molecule has 1 aliphatic heterocycles. The van der Waals surface area contributed by atoms with Crippen molar-refractivity contribution in [1.29, 1.82) is 0 Å². The van der Waals surface area contributed by atoms with Gasteiger partial charge in [-0.15, -0.1) is 0 Å². The molecule has 0 aromatic rings. The predicted molar refractivity (Wildman–Crippen MR) is 128 cm³/mol. The summed E-state index contributed by atoms with van der Waals surface area (Å²) in [7, 11) is 0. The van der Waals surface area contributed by atoms with Crippen LogP contribution in [0.5, 0.6) is 0 Å². The minimum absolute atomic E-state index is 0.0490. The van der Waals surface area contributed by atoms with Crippen molar-refractivity contribution < 1.29 is 9.84 Å². The third kappa shape index (κ3) is 3.10. The highest BCUT2D eigenvalue weighted by molar-refractivity contribution is 5.38. The van der Waals surface area contributed by atoms with Crippen LogP contribution in [0.15, 0.2) is 23.8 Å². The molecule has 1 heterocycles. The number of rotatable bonds is 5. The number of allylic oxidation sites excluding steroid dienone is 3. The predicted octanol–water partition coefficient (Wildman–Crippen LogP) is 6.93. The molecule has 1 saturated heterocycles. The molecule has 4 fully saturated rings. The van der Waals surface area contributed by atoms with Gasteiger partial charge in [-0.2, -0.15) is 0 Å². The molecule has 5 aliphatic rings. The summed E-state index contributed by atoms with van der Waals surface area (Å²) in [6, 6.07) is 0. The van der Waals surface area contributed by atoms with Gasteiger partial charge in [-0.3, -0.25) is 0 Å². The molecule has 4 aliphatic carbocycles. The first-order valence-corrected chi connectivity index (χ1v) is 13.4. The second-order valence-corrected chi connectivity index (χ2v) is 12.8. The number of hydrogen-bond donors (Lipinski definition) is 1. The first kappa shape index (κ1) is 22.2. The zero-order chi connectivity index (χ0) is 22.2.